The van der Waals surface area contributed by atoms with E-state index >= 15 is 0 Å². The molecule has 3 aromatic rings. The maximum Gasteiger partial charge on any atom is 0.451 e. The molecule has 31 heavy (non-hydrogen) atoms. The molecule has 2 heterocycles. The lowest BCUT2D eigenvalue weighted by Gasteiger charge is -2.13. The molecule has 0 fully saturated rings. The molecule has 0 atom stereocenters. The van der Waals surface area contributed by atoms with Crippen LogP contribution in [-0.2, 0) is 6.18 Å². The summed E-state index contributed by atoms with van der Waals surface area (Å²) in [7, 11) is 1.67. The molecule has 1 N–H and O–H groups in total. The Morgan fingerprint density at radius 1 is 1.16 bits per heavy atom. The van der Waals surface area contributed by atoms with Crippen molar-refractivity contribution in [2.75, 3.05) is 18.9 Å². The second-order valence-corrected chi connectivity index (χ2v) is 7.06. The van der Waals surface area contributed by atoms with E-state index in [1.807, 2.05) is 26.0 Å². The number of allylic oxidation sites excluding steroid dienone is 1. The van der Waals surface area contributed by atoms with E-state index in [9.17, 15) is 13.2 Å². The van der Waals surface area contributed by atoms with E-state index in [4.69, 9.17) is 0 Å². The SMILES string of the molecule is C=C(/C=C\C(C)=NC)CNc1nc(C(F)(F)F)nc2ccc(-c3ccc(C)cn3)cc12. The van der Waals surface area contributed by atoms with Crippen LogP contribution in [0.1, 0.15) is 18.3 Å². The van der Waals surface area contributed by atoms with Gasteiger partial charge in [0.15, 0.2) is 0 Å². The maximum atomic E-state index is 13.3. The van der Waals surface area contributed by atoms with E-state index in [0.717, 1.165) is 16.8 Å². The fraction of sp³-hybridized carbons (Fsp3) is 0.217. The predicted octanol–water partition coefficient (Wildman–Crippen LogP) is 5.63. The summed E-state index contributed by atoms with van der Waals surface area (Å²) >= 11 is 0. The third kappa shape index (κ3) is 5.53. The Hall–Kier alpha value is -3.55. The van der Waals surface area contributed by atoms with Gasteiger partial charge in [-0.2, -0.15) is 13.2 Å². The first-order valence-electron chi connectivity index (χ1n) is 9.52. The zero-order valence-corrected chi connectivity index (χ0v) is 17.5. The highest BCUT2D eigenvalue weighted by Gasteiger charge is 2.35. The van der Waals surface area contributed by atoms with Crippen LogP contribution in [0.3, 0.4) is 0 Å². The Morgan fingerprint density at radius 2 is 1.94 bits per heavy atom. The number of pyridine rings is 1. The number of benzene rings is 1. The molecule has 0 spiro atoms. The van der Waals surface area contributed by atoms with Crippen LogP contribution in [0.4, 0.5) is 19.0 Å². The molecule has 0 bridgehead atoms. The van der Waals surface area contributed by atoms with E-state index in [1.54, 1.807) is 43.6 Å². The zero-order valence-electron chi connectivity index (χ0n) is 17.5. The van der Waals surface area contributed by atoms with E-state index in [0.29, 0.717) is 16.7 Å². The molecular weight excluding hydrogens is 403 g/mol. The molecule has 1 aromatic carbocycles. The predicted molar refractivity (Wildman–Crippen MR) is 118 cm³/mol. The number of alkyl halides is 3. The first kappa shape index (κ1) is 22.1. The van der Waals surface area contributed by atoms with Crippen LogP contribution < -0.4 is 5.32 Å². The molecule has 160 valence electrons. The Balaban J connectivity index is 2.01. The molecule has 0 aliphatic heterocycles. The van der Waals surface area contributed by atoms with Gasteiger partial charge in [0, 0.05) is 36.5 Å². The molecule has 0 aliphatic carbocycles. The van der Waals surface area contributed by atoms with Gasteiger partial charge < -0.3 is 5.32 Å². The molecule has 0 saturated heterocycles. The van der Waals surface area contributed by atoms with Crippen LogP contribution in [0.15, 0.2) is 65.8 Å². The van der Waals surface area contributed by atoms with E-state index in [2.05, 4.69) is 31.8 Å². The highest BCUT2D eigenvalue weighted by molar-refractivity contribution is 5.93. The van der Waals surface area contributed by atoms with Crippen molar-refractivity contribution in [2.24, 2.45) is 4.99 Å². The first-order valence-corrected chi connectivity index (χ1v) is 9.52. The third-order valence-electron chi connectivity index (χ3n) is 4.55. The van der Waals surface area contributed by atoms with Crippen molar-refractivity contribution in [3.63, 3.8) is 0 Å². The molecule has 5 nitrogen and oxygen atoms in total. The summed E-state index contributed by atoms with van der Waals surface area (Å²) in [6.07, 6.45) is 0.614. The van der Waals surface area contributed by atoms with Gasteiger partial charge in [0.1, 0.15) is 5.82 Å². The minimum atomic E-state index is -4.66. The van der Waals surface area contributed by atoms with Crippen LogP contribution in [-0.4, -0.2) is 34.3 Å². The number of nitrogens with one attached hydrogen (secondary N) is 1. The summed E-state index contributed by atoms with van der Waals surface area (Å²) in [4.78, 5) is 15.9. The quantitative estimate of drug-likeness (QED) is 0.410. The lowest BCUT2D eigenvalue weighted by Crippen LogP contribution is -2.14. The molecule has 2 aromatic heterocycles. The van der Waals surface area contributed by atoms with Gasteiger partial charge in [0.2, 0.25) is 5.82 Å². The smallest absolute Gasteiger partial charge is 0.365 e. The van der Waals surface area contributed by atoms with Crippen molar-refractivity contribution in [3.8, 4) is 11.3 Å². The highest BCUT2D eigenvalue weighted by Crippen LogP contribution is 2.32. The minimum Gasteiger partial charge on any atom is -0.365 e. The van der Waals surface area contributed by atoms with Gasteiger partial charge in [0.05, 0.1) is 11.2 Å². The van der Waals surface area contributed by atoms with Crippen molar-refractivity contribution in [1.29, 1.82) is 0 Å². The Bertz CT molecular complexity index is 1160. The number of hydrogen-bond donors (Lipinski definition) is 1. The number of halogens is 3. The molecule has 0 amide bonds. The number of nitrogens with zero attached hydrogens (tertiary/aromatic N) is 4. The third-order valence-corrected chi connectivity index (χ3v) is 4.55. The normalized spacial score (nSPS) is 12.5. The van der Waals surface area contributed by atoms with Crippen molar-refractivity contribution in [1.82, 2.24) is 15.0 Å². The molecule has 8 heteroatoms. The maximum absolute atomic E-state index is 13.3. The number of aryl methyl sites for hydroxylation is 1. The number of aromatic nitrogens is 3. The van der Waals surface area contributed by atoms with Crippen LogP contribution in [0.25, 0.3) is 22.2 Å². The van der Waals surface area contributed by atoms with Crippen molar-refractivity contribution < 1.29 is 13.2 Å². The molecule has 0 aliphatic rings. The Labute approximate surface area is 178 Å². The topological polar surface area (TPSA) is 63.1 Å². The van der Waals surface area contributed by atoms with Gasteiger partial charge in [-0.05, 0) is 49.3 Å². The van der Waals surface area contributed by atoms with Gasteiger partial charge in [0.25, 0.3) is 0 Å². The molecule has 3 rings (SSSR count). The van der Waals surface area contributed by atoms with Gasteiger partial charge in [-0.3, -0.25) is 9.98 Å². The molecule has 0 unspecified atom stereocenters. The van der Waals surface area contributed by atoms with Crippen LogP contribution >= 0.6 is 0 Å². The van der Waals surface area contributed by atoms with E-state index in [-0.39, 0.29) is 17.9 Å². The fourth-order valence-electron chi connectivity index (χ4n) is 2.76. The summed E-state index contributed by atoms with van der Waals surface area (Å²) in [6.45, 7) is 7.90. The summed E-state index contributed by atoms with van der Waals surface area (Å²) in [5.41, 5.74) is 4.14. The zero-order chi connectivity index (χ0) is 22.6. The summed E-state index contributed by atoms with van der Waals surface area (Å²) < 4.78 is 40.0. The lowest BCUT2D eigenvalue weighted by molar-refractivity contribution is -0.144. The van der Waals surface area contributed by atoms with Crippen LogP contribution in [0.5, 0.6) is 0 Å². The van der Waals surface area contributed by atoms with Crippen LogP contribution in [0.2, 0.25) is 0 Å². The van der Waals surface area contributed by atoms with Crippen LogP contribution in [0, 0.1) is 6.92 Å². The molecule has 0 saturated carbocycles. The average Bonchev–Trinajstić information content (AvgIpc) is 2.75. The highest BCUT2D eigenvalue weighted by atomic mass is 19.4. The van der Waals surface area contributed by atoms with E-state index in [1.165, 1.54) is 0 Å². The molecular formula is C23H22F3N5. The summed E-state index contributed by atoms with van der Waals surface area (Å²) in [6, 6.07) is 8.77. The monoisotopic (exact) mass is 425 g/mol. The lowest BCUT2D eigenvalue weighted by atomic mass is 10.1. The second-order valence-electron chi connectivity index (χ2n) is 7.06. The van der Waals surface area contributed by atoms with E-state index < -0.39 is 12.0 Å². The number of aliphatic imine (C=N–C) groups is 1. The number of anilines is 1. The van der Waals surface area contributed by atoms with Gasteiger partial charge in [-0.1, -0.05) is 24.8 Å². The average molecular weight is 425 g/mol. The summed E-state index contributed by atoms with van der Waals surface area (Å²) in [5.74, 6) is -1.11. The Kier molecular flexibility index (Phi) is 6.48. The largest absolute Gasteiger partial charge is 0.451 e. The Morgan fingerprint density at radius 3 is 2.58 bits per heavy atom. The summed E-state index contributed by atoms with van der Waals surface area (Å²) in [5, 5.41) is 3.44. The fourth-order valence-corrected chi connectivity index (χ4v) is 2.76. The van der Waals surface area contributed by atoms with Crippen molar-refractivity contribution in [2.45, 2.75) is 20.0 Å². The van der Waals surface area contributed by atoms with Crippen molar-refractivity contribution >= 4 is 22.4 Å². The van der Waals surface area contributed by atoms with Crippen molar-refractivity contribution in [3.05, 3.63) is 72.2 Å². The first-order chi connectivity index (χ1) is 14.7. The second kappa shape index (κ2) is 9.07. The van der Waals surface area contributed by atoms with Gasteiger partial charge in [-0.15, -0.1) is 0 Å². The number of fused-ring (bicyclic) bond motifs is 1. The number of hydrogen-bond acceptors (Lipinski definition) is 5. The van der Waals surface area contributed by atoms with Gasteiger partial charge in [-0.25, -0.2) is 9.97 Å². The number of rotatable bonds is 6. The molecule has 0 radical (unpaired) electrons. The standard InChI is InChI=1S/C23H22F3N5/c1-14(5-7-16(3)27-4)13-29-21-18-11-17(19-9-6-15(2)12-28-19)8-10-20(18)30-22(31-21)23(24,25)26/h5-12H,1,13H2,2-4H3,(H,29,30,31)/b7-5-,27-16?. The van der Waals surface area contributed by atoms with Gasteiger partial charge >= 0.3 is 6.18 Å². The minimum absolute atomic E-state index is 0.0849.